The van der Waals surface area contributed by atoms with Gasteiger partial charge in [-0.1, -0.05) is 43.3 Å². The van der Waals surface area contributed by atoms with Crippen LogP contribution >= 0.6 is 22.7 Å². The summed E-state index contributed by atoms with van der Waals surface area (Å²) in [5.41, 5.74) is 0. The van der Waals surface area contributed by atoms with E-state index in [2.05, 4.69) is 62.4 Å². The van der Waals surface area contributed by atoms with Gasteiger partial charge in [-0.3, -0.25) is 0 Å². The highest BCUT2D eigenvalue weighted by Gasteiger charge is 2.23. The van der Waals surface area contributed by atoms with Crippen LogP contribution in [0.2, 0.25) is 0 Å². The van der Waals surface area contributed by atoms with Crippen molar-refractivity contribution in [1.29, 1.82) is 0 Å². The molecule has 2 heteroatoms. The zero-order valence-electron chi connectivity index (χ0n) is 15.1. The second-order valence-corrected chi connectivity index (χ2v) is 10.0. The van der Waals surface area contributed by atoms with Crippen molar-refractivity contribution in [2.45, 2.75) is 20.3 Å². The van der Waals surface area contributed by atoms with Crippen molar-refractivity contribution in [2.75, 3.05) is 0 Å². The lowest BCUT2D eigenvalue weighted by atomic mass is 9.97. The molecule has 7 rings (SSSR count). The molecule has 0 bridgehead atoms. The van der Waals surface area contributed by atoms with E-state index < -0.39 is 0 Å². The summed E-state index contributed by atoms with van der Waals surface area (Å²) in [6.07, 6.45) is 1.11. The lowest BCUT2D eigenvalue weighted by Crippen LogP contribution is -1.79. The maximum Gasteiger partial charge on any atom is 0.0437 e. The quantitative estimate of drug-likeness (QED) is 0.250. The summed E-state index contributed by atoms with van der Waals surface area (Å²) in [6.45, 7) is 4.49. The van der Waals surface area contributed by atoms with Crippen molar-refractivity contribution in [2.24, 2.45) is 0 Å². The van der Waals surface area contributed by atoms with Crippen LogP contribution in [0.3, 0.4) is 0 Å². The highest BCUT2D eigenvalue weighted by atomic mass is 32.1. The standard InChI is InChI=1S/C25H16S2/c1-3-13-11-19-15-7-5-8-16-21(15)23(25(19)27-13)17-9-4-6-14-18-10-12(2)26-24(18)22(16)20(14)17/h4-11H,3H2,1-2H3. The van der Waals surface area contributed by atoms with E-state index >= 15 is 0 Å². The predicted molar refractivity (Wildman–Crippen MR) is 124 cm³/mol. The molecule has 0 amide bonds. The summed E-state index contributed by atoms with van der Waals surface area (Å²) in [5, 5.41) is 14.5. The molecule has 0 saturated carbocycles. The molecule has 5 aromatic carbocycles. The van der Waals surface area contributed by atoms with Gasteiger partial charge in [0, 0.05) is 40.7 Å². The zero-order chi connectivity index (χ0) is 17.9. The van der Waals surface area contributed by atoms with Crippen LogP contribution in [0, 0.1) is 6.92 Å². The van der Waals surface area contributed by atoms with Gasteiger partial charge in [0.25, 0.3) is 0 Å². The van der Waals surface area contributed by atoms with Gasteiger partial charge in [0.15, 0.2) is 0 Å². The van der Waals surface area contributed by atoms with E-state index in [1.165, 1.54) is 73.0 Å². The Morgan fingerprint density at radius 2 is 1.19 bits per heavy atom. The lowest BCUT2D eigenvalue weighted by molar-refractivity contribution is 1.19. The summed E-state index contributed by atoms with van der Waals surface area (Å²) in [7, 11) is 0. The number of hydrogen-bond donors (Lipinski definition) is 0. The summed E-state index contributed by atoms with van der Waals surface area (Å²) in [6, 6.07) is 18.6. The van der Waals surface area contributed by atoms with Gasteiger partial charge in [-0.25, -0.2) is 0 Å². The molecule has 7 aromatic rings. The molecule has 0 aliphatic carbocycles. The fourth-order valence-corrected chi connectivity index (χ4v) is 7.42. The predicted octanol–water partition coefficient (Wildman–Crippen LogP) is 8.48. The van der Waals surface area contributed by atoms with Crippen molar-refractivity contribution >= 4 is 85.9 Å². The van der Waals surface area contributed by atoms with Crippen molar-refractivity contribution in [3.05, 3.63) is 58.3 Å². The van der Waals surface area contributed by atoms with Crippen LogP contribution in [0.15, 0.2) is 48.5 Å². The molecule has 0 spiro atoms. The van der Waals surface area contributed by atoms with E-state index in [1.54, 1.807) is 0 Å². The van der Waals surface area contributed by atoms with Crippen LogP contribution in [-0.2, 0) is 6.42 Å². The Morgan fingerprint density at radius 3 is 1.81 bits per heavy atom. The Labute approximate surface area is 164 Å². The zero-order valence-corrected chi connectivity index (χ0v) is 16.8. The molecular weight excluding hydrogens is 364 g/mol. The summed E-state index contributed by atoms with van der Waals surface area (Å²) < 4.78 is 2.94. The van der Waals surface area contributed by atoms with E-state index in [0.29, 0.717) is 0 Å². The lowest BCUT2D eigenvalue weighted by Gasteiger charge is -2.07. The summed E-state index contributed by atoms with van der Waals surface area (Å²) in [5.74, 6) is 0. The Kier molecular flexibility index (Phi) is 2.54. The Hall–Kier alpha value is -2.42. The molecule has 0 N–H and O–H groups in total. The Bertz CT molecular complexity index is 1660. The molecule has 0 atom stereocenters. The van der Waals surface area contributed by atoms with Gasteiger partial charge in [-0.15, -0.1) is 22.7 Å². The number of thiophene rings is 2. The average molecular weight is 381 g/mol. The molecule has 0 fully saturated rings. The smallest absolute Gasteiger partial charge is 0.0437 e. The third-order valence-corrected chi connectivity index (χ3v) is 8.55. The van der Waals surface area contributed by atoms with Gasteiger partial charge in [0.05, 0.1) is 0 Å². The number of hydrogen-bond acceptors (Lipinski definition) is 2. The summed E-state index contributed by atoms with van der Waals surface area (Å²) in [4.78, 5) is 2.89. The molecular formula is C25H16S2. The maximum atomic E-state index is 2.43. The Morgan fingerprint density at radius 1 is 0.630 bits per heavy atom. The summed E-state index contributed by atoms with van der Waals surface area (Å²) >= 11 is 3.94. The van der Waals surface area contributed by atoms with Crippen LogP contribution in [-0.4, -0.2) is 0 Å². The minimum Gasteiger partial charge on any atom is -0.140 e. The van der Waals surface area contributed by atoms with E-state index in [9.17, 15) is 0 Å². The minimum absolute atomic E-state index is 1.11. The first-order valence-electron chi connectivity index (χ1n) is 9.52. The Balaban J connectivity index is 1.93. The number of benzene rings is 3. The SMILES string of the molecule is CCc1cc2c3cccc4c3c(c3cccc5c6cc(C)sc6c4c53)c2s1. The largest absolute Gasteiger partial charge is 0.140 e. The number of rotatable bonds is 1. The van der Waals surface area contributed by atoms with Crippen molar-refractivity contribution in [3.63, 3.8) is 0 Å². The topological polar surface area (TPSA) is 0 Å². The van der Waals surface area contributed by atoms with Gasteiger partial charge >= 0.3 is 0 Å². The van der Waals surface area contributed by atoms with Crippen LogP contribution in [0.25, 0.3) is 63.3 Å². The number of aryl methyl sites for hydroxylation is 2. The van der Waals surface area contributed by atoms with Crippen LogP contribution < -0.4 is 0 Å². The third-order valence-electron chi connectivity index (χ3n) is 6.19. The molecule has 2 aromatic heterocycles. The van der Waals surface area contributed by atoms with Gasteiger partial charge in [-0.05, 0) is 57.8 Å². The highest BCUT2D eigenvalue weighted by molar-refractivity contribution is 7.21. The van der Waals surface area contributed by atoms with Gasteiger partial charge in [0.2, 0.25) is 0 Å². The monoisotopic (exact) mass is 380 g/mol. The van der Waals surface area contributed by atoms with Gasteiger partial charge in [0.1, 0.15) is 0 Å². The van der Waals surface area contributed by atoms with Gasteiger partial charge in [-0.2, -0.15) is 0 Å². The fourth-order valence-electron chi connectivity index (χ4n) is 5.15. The molecule has 0 aliphatic heterocycles. The molecule has 0 unspecified atom stereocenters. The first kappa shape index (κ1) is 14.6. The van der Waals surface area contributed by atoms with E-state index in [-0.39, 0.29) is 0 Å². The van der Waals surface area contributed by atoms with Crippen molar-refractivity contribution in [1.82, 2.24) is 0 Å². The van der Waals surface area contributed by atoms with Crippen LogP contribution in [0.4, 0.5) is 0 Å². The van der Waals surface area contributed by atoms with Crippen LogP contribution in [0.1, 0.15) is 16.7 Å². The maximum absolute atomic E-state index is 2.43. The van der Waals surface area contributed by atoms with E-state index in [1.807, 2.05) is 22.7 Å². The van der Waals surface area contributed by atoms with Crippen molar-refractivity contribution in [3.8, 4) is 0 Å². The normalized spacial score (nSPS) is 13.0. The molecule has 0 radical (unpaired) electrons. The second kappa shape index (κ2) is 4.70. The first-order valence-corrected chi connectivity index (χ1v) is 11.2. The number of fused-ring (bicyclic) bond motifs is 8. The van der Waals surface area contributed by atoms with E-state index in [0.717, 1.165) is 6.42 Å². The molecule has 2 heterocycles. The molecule has 128 valence electrons. The van der Waals surface area contributed by atoms with E-state index in [4.69, 9.17) is 0 Å². The molecule has 0 nitrogen and oxygen atoms in total. The highest BCUT2D eigenvalue weighted by Crippen LogP contribution is 2.52. The third kappa shape index (κ3) is 1.57. The first-order chi connectivity index (χ1) is 13.3. The average Bonchev–Trinajstić information content (AvgIpc) is 3.40. The molecule has 0 aliphatic rings. The molecule has 0 saturated heterocycles. The second-order valence-electron chi connectivity index (χ2n) is 7.62. The molecule has 27 heavy (non-hydrogen) atoms. The minimum atomic E-state index is 1.11. The van der Waals surface area contributed by atoms with Gasteiger partial charge < -0.3 is 0 Å². The fraction of sp³-hybridized carbons (Fsp3) is 0.120. The van der Waals surface area contributed by atoms with Crippen molar-refractivity contribution < 1.29 is 0 Å². The van der Waals surface area contributed by atoms with Crippen LogP contribution in [0.5, 0.6) is 0 Å².